The van der Waals surface area contributed by atoms with Crippen LogP contribution in [-0.2, 0) is 17.5 Å². The fourth-order valence-corrected chi connectivity index (χ4v) is 7.95. The Morgan fingerprint density at radius 2 is 1.37 bits per heavy atom. The number of hydrogen-bond donors (Lipinski definition) is 0. The molecule has 54 heavy (non-hydrogen) atoms. The van der Waals surface area contributed by atoms with Gasteiger partial charge in [0.1, 0.15) is 29.8 Å². The number of rotatable bonds is 6. The number of hydrogen-bond acceptors (Lipinski definition) is 4. The van der Waals surface area contributed by atoms with E-state index >= 15 is 0 Å². The molecule has 1 aliphatic heterocycles. The van der Waals surface area contributed by atoms with Gasteiger partial charge in [-0.05, 0) is 90.6 Å². The minimum absolute atomic E-state index is 0.101. The van der Waals surface area contributed by atoms with Crippen LogP contribution in [0.1, 0.15) is 62.7 Å². The van der Waals surface area contributed by atoms with Crippen molar-refractivity contribution in [2.75, 3.05) is 4.90 Å². The lowest BCUT2D eigenvalue weighted by Crippen LogP contribution is -2.27. The third-order valence-corrected chi connectivity index (χ3v) is 11.3. The van der Waals surface area contributed by atoms with E-state index in [1.165, 1.54) is 27.8 Å². The number of anilines is 2. The van der Waals surface area contributed by atoms with Crippen molar-refractivity contribution in [3.05, 3.63) is 162 Å². The molecule has 1 aliphatic rings. The summed E-state index contributed by atoms with van der Waals surface area (Å²) in [5.74, 6) is 3.47. The van der Waals surface area contributed by atoms with Crippen molar-refractivity contribution >= 4 is 33.2 Å². The van der Waals surface area contributed by atoms with Crippen molar-refractivity contribution in [2.45, 2.75) is 66.0 Å². The first-order valence-electron chi connectivity index (χ1n) is 18.8. The highest BCUT2D eigenvalue weighted by atomic mass is 16.5. The molecule has 0 amide bonds. The van der Waals surface area contributed by atoms with E-state index in [0.717, 1.165) is 62.2 Å². The van der Waals surface area contributed by atoms with Crippen molar-refractivity contribution in [1.29, 1.82) is 0 Å². The van der Waals surface area contributed by atoms with Crippen molar-refractivity contribution < 1.29 is 4.74 Å². The molecule has 0 bridgehead atoms. The Morgan fingerprint density at radius 1 is 0.630 bits per heavy atom. The Bertz CT molecular complexity index is 2710. The van der Waals surface area contributed by atoms with Gasteiger partial charge in [0.25, 0.3) is 0 Å². The molecule has 0 radical (unpaired) electrons. The Labute approximate surface area is 317 Å². The summed E-state index contributed by atoms with van der Waals surface area (Å²) in [6.45, 7) is 16.2. The average Bonchev–Trinajstić information content (AvgIpc) is 3.66. The van der Waals surface area contributed by atoms with Gasteiger partial charge in [-0.3, -0.25) is 4.57 Å². The second kappa shape index (κ2) is 12.5. The largest absolute Gasteiger partial charge is 0.457 e. The molecule has 268 valence electrons. The minimum Gasteiger partial charge on any atom is -0.457 e. The first-order chi connectivity index (χ1) is 26.0. The molecular formula is C48H45N5O. The van der Waals surface area contributed by atoms with E-state index in [2.05, 4.69) is 190 Å². The fourth-order valence-electron chi connectivity index (χ4n) is 7.95. The van der Waals surface area contributed by atoms with Crippen molar-refractivity contribution in [3.8, 4) is 28.7 Å². The molecule has 0 saturated heterocycles. The van der Waals surface area contributed by atoms with Crippen LogP contribution in [0.4, 0.5) is 11.4 Å². The molecule has 0 fully saturated rings. The quantitative estimate of drug-likeness (QED) is 0.173. The lowest BCUT2D eigenvalue weighted by Gasteiger charge is -2.34. The van der Waals surface area contributed by atoms with Gasteiger partial charge in [-0.2, -0.15) is 0 Å². The van der Waals surface area contributed by atoms with Crippen LogP contribution in [0.25, 0.3) is 39.0 Å². The normalized spacial score (nSPS) is 13.0. The third-order valence-electron chi connectivity index (χ3n) is 11.3. The van der Waals surface area contributed by atoms with Crippen LogP contribution in [0, 0.1) is 13.8 Å². The van der Waals surface area contributed by atoms with Gasteiger partial charge in [-0.1, -0.05) is 95.3 Å². The molecule has 5 aromatic carbocycles. The molecule has 0 N–H and O–H groups in total. The Balaban J connectivity index is 1.15. The summed E-state index contributed by atoms with van der Waals surface area (Å²) in [4.78, 5) is 12.3. The minimum atomic E-state index is -0.201. The van der Waals surface area contributed by atoms with Crippen molar-refractivity contribution in [3.63, 3.8) is 0 Å². The standard InChI is InChI=1S/C48H45N5O/c1-31-32(2)51-30-52(42-19-13-12-18-41(42)46(51)50-31)36-25-35(47(3,4)5)26-38(28-36)54-37-21-22-40-39-17-11-14-20-43(39)53(44(40)29-37)45-27-34(23-24-49-45)48(6,7)33-15-9-8-10-16-33/h8-29H,30H2,1-7H3. The van der Waals surface area contributed by atoms with Crippen LogP contribution >= 0.6 is 0 Å². The Kier molecular flexibility index (Phi) is 7.78. The third kappa shape index (κ3) is 5.56. The summed E-state index contributed by atoms with van der Waals surface area (Å²) in [6, 6.07) is 45.3. The lowest BCUT2D eigenvalue weighted by atomic mass is 9.78. The molecule has 6 nitrogen and oxygen atoms in total. The van der Waals surface area contributed by atoms with Crippen LogP contribution in [0.3, 0.4) is 0 Å². The second-order valence-corrected chi connectivity index (χ2v) is 16.1. The average molecular weight is 708 g/mol. The summed E-state index contributed by atoms with van der Waals surface area (Å²) in [6.07, 6.45) is 1.93. The van der Waals surface area contributed by atoms with Crippen LogP contribution < -0.4 is 9.64 Å². The summed E-state index contributed by atoms with van der Waals surface area (Å²) >= 11 is 0. The number of aryl methyl sites for hydroxylation is 1. The van der Waals surface area contributed by atoms with Gasteiger partial charge in [0.2, 0.25) is 0 Å². The Hall–Kier alpha value is -6.14. The molecule has 0 atom stereocenters. The van der Waals surface area contributed by atoms with Gasteiger partial charge < -0.3 is 14.2 Å². The first kappa shape index (κ1) is 33.7. The van der Waals surface area contributed by atoms with E-state index in [9.17, 15) is 0 Å². The van der Waals surface area contributed by atoms with Gasteiger partial charge in [-0.15, -0.1) is 0 Å². The number of fused-ring (bicyclic) bond motifs is 6. The van der Waals surface area contributed by atoms with E-state index in [4.69, 9.17) is 14.7 Å². The molecule has 9 rings (SSSR count). The van der Waals surface area contributed by atoms with Gasteiger partial charge in [0.05, 0.1) is 22.4 Å². The number of aromatic nitrogens is 4. The topological polar surface area (TPSA) is 48.1 Å². The van der Waals surface area contributed by atoms with Gasteiger partial charge >= 0.3 is 0 Å². The number of nitrogens with zero attached hydrogens (tertiary/aromatic N) is 5. The number of imidazole rings is 1. The SMILES string of the molecule is Cc1nc2n(c1C)CN(c1cc(Oc3ccc4c5ccccc5n(-c5cc(C(C)(C)c6ccccc6)ccn5)c4c3)cc(C(C)(C)C)c1)c1ccccc1-2. The number of pyridine rings is 1. The second-order valence-electron chi connectivity index (χ2n) is 16.1. The number of benzene rings is 5. The maximum Gasteiger partial charge on any atom is 0.144 e. The van der Waals surface area contributed by atoms with Gasteiger partial charge in [0.15, 0.2) is 0 Å². The number of ether oxygens (including phenoxy) is 1. The van der Waals surface area contributed by atoms with Crippen LogP contribution in [0.5, 0.6) is 11.5 Å². The molecule has 4 heterocycles. The van der Waals surface area contributed by atoms with E-state index < -0.39 is 0 Å². The smallest absolute Gasteiger partial charge is 0.144 e. The molecule has 3 aromatic heterocycles. The summed E-state index contributed by atoms with van der Waals surface area (Å²) in [5, 5.41) is 2.34. The van der Waals surface area contributed by atoms with E-state index in [-0.39, 0.29) is 10.8 Å². The predicted octanol–water partition coefficient (Wildman–Crippen LogP) is 12.2. The highest BCUT2D eigenvalue weighted by Gasteiger charge is 2.28. The zero-order valence-electron chi connectivity index (χ0n) is 32.1. The summed E-state index contributed by atoms with van der Waals surface area (Å²) in [7, 11) is 0. The maximum absolute atomic E-state index is 6.88. The first-order valence-corrected chi connectivity index (χ1v) is 18.8. The Morgan fingerprint density at radius 3 is 2.19 bits per heavy atom. The van der Waals surface area contributed by atoms with Gasteiger partial charge in [0, 0.05) is 51.5 Å². The molecule has 0 spiro atoms. The molecule has 8 aromatic rings. The molecule has 0 unspecified atom stereocenters. The van der Waals surface area contributed by atoms with Crippen LogP contribution in [0.15, 0.2) is 134 Å². The predicted molar refractivity (Wildman–Crippen MR) is 222 cm³/mol. The molecular weight excluding hydrogens is 663 g/mol. The molecule has 0 aliphatic carbocycles. The zero-order valence-corrected chi connectivity index (χ0v) is 32.1. The van der Waals surface area contributed by atoms with Crippen molar-refractivity contribution in [1.82, 2.24) is 19.1 Å². The summed E-state index contributed by atoms with van der Waals surface area (Å²) in [5.41, 5.74) is 11.1. The highest BCUT2D eigenvalue weighted by Crippen LogP contribution is 2.44. The van der Waals surface area contributed by atoms with E-state index in [1.807, 2.05) is 6.20 Å². The molecule has 6 heteroatoms. The zero-order chi connectivity index (χ0) is 37.4. The van der Waals surface area contributed by atoms with Crippen LogP contribution in [0.2, 0.25) is 0 Å². The van der Waals surface area contributed by atoms with E-state index in [1.54, 1.807) is 0 Å². The van der Waals surface area contributed by atoms with Crippen molar-refractivity contribution in [2.24, 2.45) is 0 Å². The highest BCUT2D eigenvalue weighted by molar-refractivity contribution is 6.09. The summed E-state index contributed by atoms with van der Waals surface area (Å²) < 4.78 is 11.5. The van der Waals surface area contributed by atoms with E-state index in [0.29, 0.717) is 6.67 Å². The monoisotopic (exact) mass is 707 g/mol. The fraction of sp³-hybridized carbons (Fsp3) is 0.208. The lowest BCUT2D eigenvalue weighted by molar-refractivity contribution is 0.479. The van der Waals surface area contributed by atoms with Crippen LogP contribution in [-0.4, -0.2) is 19.1 Å². The molecule has 0 saturated carbocycles. The number of para-hydroxylation sites is 2. The maximum atomic E-state index is 6.88. The van der Waals surface area contributed by atoms with Gasteiger partial charge in [-0.25, -0.2) is 9.97 Å².